The molecule has 5 amide bonds. The van der Waals surface area contributed by atoms with Gasteiger partial charge in [-0.15, -0.1) is 11.3 Å². The number of amides is 5. The van der Waals surface area contributed by atoms with Crippen molar-refractivity contribution >= 4 is 41.1 Å². The van der Waals surface area contributed by atoms with Crippen LogP contribution in [-0.4, -0.2) is 94.8 Å². The Balaban J connectivity index is 2.98. The van der Waals surface area contributed by atoms with Crippen molar-refractivity contribution in [2.75, 3.05) is 20.6 Å². The normalized spacial score (nSPS) is 15.6. The molecule has 0 aliphatic rings. The smallest absolute Gasteiger partial charge is 0.404 e. The minimum absolute atomic E-state index is 0.0156. The van der Waals surface area contributed by atoms with Crippen LogP contribution in [0.1, 0.15) is 65.1 Å². The zero-order valence-corrected chi connectivity index (χ0v) is 28.1. The van der Waals surface area contributed by atoms with E-state index in [0.717, 1.165) is 10.7 Å². The molecule has 1 aromatic rings. The van der Waals surface area contributed by atoms with Crippen LogP contribution in [0.5, 0.6) is 0 Å². The second kappa shape index (κ2) is 18.5. The number of nitrogens with zero attached hydrogens (tertiary/aromatic N) is 2. The van der Waals surface area contributed by atoms with Crippen molar-refractivity contribution in [2.45, 2.75) is 92.0 Å². The maximum Gasteiger partial charge on any atom is 0.404 e. The van der Waals surface area contributed by atoms with Gasteiger partial charge in [-0.1, -0.05) is 41.5 Å². The number of carbonyl (C=O) groups excluding carboxylic acids is 4. The molecule has 1 rings (SSSR count). The number of hydrazine groups is 1. The predicted octanol–water partition coefficient (Wildman–Crippen LogP) is 1.03. The van der Waals surface area contributed by atoms with E-state index in [1.807, 2.05) is 40.0 Å². The maximum atomic E-state index is 13.4. The average molecular weight is 642 g/mol. The van der Waals surface area contributed by atoms with E-state index in [1.54, 1.807) is 27.9 Å². The molecule has 0 spiro atoms. The second-order valence-corrected chi connectivity index (χ2v) is 13.2. The molecule has 0 bridgehead atoms. The van der Waals surface area contributed by atoms with Crippen molar-refractivity contribution in [2.24, 2.45) is 23.7 Å². The molecule has 0 aromatic carbocycles. The summed E-state index contributed by atoms with van der Waals surface area (Å²) in [6.45, 7) is 12.2. The quantitative estimate of drug-likeness (QED) is 0.114. The van der Waals surface area contributed by atoms with Crippen LogP contribution >= 0.6 is 11.3 Å². The number of carboxylic acid groups (broad SMARTS) is 1. The first-order valence-corrected chi connectivity index (χ1v) is 15.7. The third-order valence-corrected chi connectivity index (χ3v) is 7.82. The van der Waals surface area contributed by atoms with Gasteiger partial charge in [-0.2, -0.15) is 0 Å². The number of aliphatic hydroxyl groups excluding tert-OH is 1. The number of aryl methyl sites for hydroxylation is 1. The first-order valence-electron chi connectivity index (χ1n) is 14.9. The van der Waals surface area contributed by atoms with Gasteiger partial charge in [0.15, 0.2) is 0 Å². The minimum atomic E-state index is -1.36. The fourth-order valence-electron chi connectivity index (χ4n) is 4.42. The summed E-state index contributed by atoms with van der Waals surface area (Å²) in [5.74, 6) is -3.30. The van der Waals surface area contributed by atoms with Crippen LogP contribution in [-0.2, 0) is 25.6 Å². The molecule has 0 aliphatic heterocycles. The van der Waals surface area contributed by atoms with Gasteiger partial charge in [0.25, 0.3) is 5.91 Å². The summed E-state index contributed by atoms with van der Waals surface area (Å²) in [6, 6.07) is -2.83. The standard InChI is InChI=1S/C29H51N7O7S/c1-15(2)10-20(22(37)11-17(5)26(39)34-24(16(3)4)28(41)35-36(8)9)32-27(40)21(13-30-29(42)43)33-25(38)18(6)12-23-31-19(7)14-44-23/h14-18,20-22,24,30,37H,10-13H2,1-9H3,(H,32,40)(H,33,38)(H,34,39)(H,35,41)(H,42,43)/t17-,18+,20+,21+,22+,24+/m1/s1. The Morgan fingerprint density at radius 1 is 0.886 bits per heavy atom. The molecule has 0 saturated heterocycles. The van der Waals surface area contributed by atoms with E-state index in [1.165, 1.54) is 16.3 Å². The minimum Gasteiger partial charge on any atom is -0.465 e. The lowest BCUT2D eigenvalue weighted by atomic mass is 9.91. The molecule has 6 atom stereocenters. The van der Waals surface area contributed by atoms with E-state index in [9.17, 15) is 29.1 Å². The molecule has 0 fully saturated rings. The van der Waals surface area contributed by atoms with Crippen LogP contribution in [0.4, 0.5) is 4.79 Å². The average Bonchev–Trinajstić information content (AvgIpc) is 3.31. The first kappa shape index (κ1) is 38.7. The maximum absolute atomic E-state index is 13.4. The fraction of sp³-hybridized carbons (Fsp3) is 0.724. The van der Waals surface area contributed by atoms with Crippen LogP contribution in [0.3, 0.4) is 0 Å². The van der Waals surface area contributed by atoms with Gasteiger partial charge in [0.2, 0.25) is 17.7 Å². The lowest BCUT2D eigenvalue weighted by molar-refractivity contribution is -0.134. The number of aromatic nitrogens is 1. The Kier molecular flexibility index (Phi) is 16.3. The zero-order chi connectivity index (χ0) is 33.7. The molecule has 7 N–H and O–H groups in total. The van der Waals surface area contributed by atoms with Crippen molar-refractivity contribution < 1.29 is 34.2 Å². The van der Waals surface area contributed by atoms with Crippen molar-refractivity contribution in [3.05, 3.63) is 16.1 Å². The van der Waals surface area contributed by atoms with Gasteiger partial charge in [-0.25, -0.2) is 14.8 Å². The molecule has 0 saturated carbocycles. The van der Waals surface area contributed by atoms with E-state index in [2.05, 4.69) is 31.7 Å². The Labute approximate surface area is 264 Å². The molecule has 1 aromatic heterocycles. The molecule has 1 heterocycles. The molecule has 0 radical (unpaired) electrons. The molecule has 250 valence electrons. The summed E-state index contributed by atoms with van der Waals surface area (Å²) >= 11 is 1.43. The molecule has 0 unspecified atom stereocenters. The highest BCUT2D eigenvalue weighted by atomic mass is 32.1. The topological polar surface area (TPSA) is 202 Å². The largest absolute Gasteiger partial charge is 0.465 e. The lowest BCUT2D eigenvalue weighted by Crippen LogP contribution is -2.57. The van der Waals surface area contributed by atoms with Crippen LogP contribution in [0, 0.1) is 30.6 Å². The summed E-state index contributed by atoms with van der Waals surface area (Å²) in [5.41, 5.74) is 3.48. The fourth-order valence-corrected chi connectivity index (χ4v) is 5.32. The van der Waals surface area contributed by atoms with E-state index in [4.69, 9.17) is 5.11 Å². The van der Waals surface area contributed by atoms with Gasteiger partial charge in [0.05, 0.1) is 23.7 Å². The van der Waals surface area contributed by atoms with Crippen molar-refractivity contribution in [1.82, 2.24) is 36.7 Å². The number of aliphatic hydroxyl groups is 1. The SMILES string of the molecule is Cc1csc(C[C@H](C)C(=O)N[C@@H](CNC(=O)O)C(=O)N[C@@H](CC(C)C)[C@@H](O)C[C@@H](C)C(=O)N[C@H](C(=O)NN(C)C)C(C)C)n1. The predicted molar refractivity (Wildman–Crippen MR) is 167 cm³/mol. The number of hydrogen-bond donors (Lipinski definition) is 7. The van der Waals surface area contributed by atoms with E-state index < -0.39 is 59.9 Å². The van der Waals surface area contributed by atoms with Gasteiger partial charge in [0.1, 0.15) is 12.1 Å². The summed E-state index contributed by atoms with van der Waals surface area (Å²) in [4.78, 5) is 67.5. The van der Waals surface area contributed by atoms with Gasteiger partial charge in [0, 0.05) is 43.4 Å². The molecule has 15 heteroatoms. The van der Waals surface area contributed by atoms with Crippen LogP contribution in [0.25, 0.3) is 0 Å². The van der Waals surface area contributed by atoms with Crippen LogP contribution < -0.4 is 26.7 Å². The molecular formula is C29H51N7O7S. The van der Waals surface area contributed by atoms with Crippen molar-refractivity contribution in [3.63, 3.8) is 0 Å². The number of nitrogens with one attached hydrogen (secondary N) is 5. The highest BCUT2D eigenvalue weighted by molar-refractivity contribution is 7.09. The Morgan fingerprint density at radius 3 is 2.00 bits per heavy atom. The van der Waals surface area contributed by atoms with Gasteiger partial charge >= 0.3 is 6.09 Å². The Bertz CT molecular complexity index is 1110. The molecule has 14 nitrogen and oxygen atoms in total. The van der Waals surface area contributed by atoms with Gasteiger partial charge in [-0.3, -0.25) is 24.6 Å². The van der Waals surface area contributed by atoms with E-state index >= 15 is 0 Å². The van der Waals surface area contributed by atoms with E-state index in [0.29, 0.717) is 12.8 Å². The monoisotopic (exact) mass is 641 g/mol. The molecular weight excluding hydrogens is 590 g/mol. The van der Waals surface area contributed by atoms with E-state index in [-0.39, 0.29) is 30.7 Å². The zero-order valence-electron chi connectivity index (χ0n) is 27.3. The highest BCUT2D eigenvalue weighted by Crippen LogP contribution is 2.17. The number of thiazole rings is 1. The third kappa shape index (κ3) is 14.0. The van der Waals surface area contributed by atoms with Gasteiger partial charge < -0.3 is 31.5 Å². The van der Waals surface area contributed by atoms with Crippen molar-refractivity contribution in [3.8, 4) is 0 Å². The second-order valence-electron chi connectivity index (χ2n) is 12.3. The Morgan fingerprint density at radius 2 is 1.50 bits per heavy atom. The summed E-state index contributed by atoms with van der Waals surface area (Å²) in [6.07, 6.45) is -1.81. The number of rotatable bonds is 18. The van der Waals surface area contributed by atoms with Crippen molar-refractivity contribution in [1.29, 1.82) is 0 Å². The lowest BCUT2D eigenvalue weighted by Gasteiger charge is -2.30. The summed E-state index contributed by atoms with van der Waals surface area (Å²) in [5, 5.41) is 34.7. The molecule has 44 heavy (non-hydrogen) atoms. The highest BCUT2D eigenvalue weighted by Gasteiger charge is 2.32. The molecule has 0 aliphatic carbocycles. The Hall–Kier alpha value is -3.30. The number of carbonyl (C=O) groups is 5. The first-order chi connectivity index (χ1) is 20.4. The number of hydrogen-bond acceptors (Lipinski definition) is 9. The summed E-state index contributed by atoms with van der Waals surface area (Å²) in [7, 11) is 3.33. The van der Waals surface area contributed by atoms with Gasteiger partial charge in [-0.05, 0) is 31.6 Å². The van der Waals surface area contributed by atoms with Crippen LogP contribution in [0.15, 0.2) is 5.38 Å². The van der Waals surface area contributed by atoms with Crippen LogP contribution in [0.2, 0.25) is 0 Å². The summed E-state index contributed by atoms with van der Waals surface area (Å²) < 4.78 is 0. The third-order valence-electron chi connectivity index (χ3n) is 6.83.